The fourth-order valence-corrected chi connectivity index (χ4v) is 0.299. The van der Waals surface area contributed by atoms with Crippen molar-refractivity contribution in [2.45, 2.75) is 13.8 Å². The van der Waals surface area contributed by atoms with Crippen LogP contribution in [-0.4, -0.2) is 0 Å². The van der Waals surface area contributed by atoms with Crippen LogP contribution in [-0.2, 0) is 3.07 Å². The smallest absolute Gasteiger partial charge is 0.176 e. The van der Waals surface area contributed by atoms with Gasteiger partial charge in [-0.1, -0.05) is 6.08 Å². The molecule has 0 N–H and O–H groups in total. The Labute approximate surface area is 48.1 Å². The molecule has 0 saturated carbocycles. The normalized spacial score (nSPS) is 12.0. The van der Waals surface area contributed by atoms with Crippen LogP contribution in [0.25, 0.3) is 0 Å². The van der Waals surface area contributed by atoms with Crippen molar-refractivity contribution in [1.29, 1.82) is 0 Å². The standard InChI is InChI=1S/C4H7IO/c1-3-4(2)5-6/h3H,1-2H3/b4-3-. The molecule has 36 valence electrons. The maximum absolute atomic E-state index is 9.90. The predicted molar refractivity (Wildman–Crippen MR) is 34.1 cm³/mol. The molecule has 0 spiro atoms. The van der Waals surface area contributed by atoms with Gasteiger partial charge >= 0.3 is 0 Å². The van der Waals surface area contributed by atoms with Crippen molar-refractivity contribution in [3.8, 4) is 0 Å². The molecule has 0 aliphatic rings. The highest BCUT2D eigenvalue weighted by Crippen LogP contribution is 2.08. The molecule has 0 bridgehead atoms. The Hall–Kier alpha value is 0.270. The van der Waals surface area contributed by atoms with Crippen LogP contribution >= 0.6 is 21.2 Å². The van der Waals surface area contributed by atoms with Crippen molar-refractivity contribution in [3.05, 3.63) is 9.66 Å². The number of rotatable bonds is 1. The van der Waals surface area contributed by atoms with Crippen LogP contribution in [0.15, 0.2) is 9.66 Å². The SMILES string of the molecule is C/C=C(/C)I=O. The zero-order chi connectivity index (χ0) is 4.99. The van der Waals surface area contributed by atoms with E-state index in [0.717, 1.165) is 3.58 Å². The van der Waals surface area contributed by atoms with Gasteiger partial charge in [-0.05, 0) is 13.8 Å². The summed E-state index contributed by atoms with van der Waals surface area (Å²) in [6.07, 6.45) is 1.88. The first-order chi connectivity index (χ1) is 2.81. The third-order valence-corrected chi connectivity index (χ3v) is 1.84. The summed E-state index contributed by atoms with van der Waals surface area (Å²) in [4.78, 5) is 0. The van der Waals surface area contributed by atoms with Gasteiger partial charge < -0.3 is 0 Å². The molecule has 0 saturated heterocycles. The van der Waals surface area contributed by atoms with E-state index in [9.17, 15) is 3.07 Å². The Kier molecular flexibility index (Phi) is 3.62. The lowest BCUT2D eigenvalue weighted by atomic mass is 10.6. The van der Waals surface area contributed by atoms with E-state index in [0.29, 0.717) is 0 Å². The van der Waals surface area contributed by atoms with E-state index < -0.39 is 21.2 Å². The maximum Gasteiger partial charge on any atom is 0.176 e. The molecule has 0 aliphatic heterocycles. The second kappa shape index (κ2) is 3.46. The number of hydrogen-bond donors (Lipinski definition) is 0. The number of allylic oxidation sites excluding steroid dienone is 2. The van der Waals surface area contributed by atoms with Crippen LogP contribution in [0.1, 0.15) is 13.8 Å². The van der Waals surface area contributed by atoms with Crippen LogP contribution < -0.4 is 0 Å². The summed E-state index contributed by atoms with van der Waals surface area (Å²) in [5.74, 6) is 0. The quantitative estimate of drug-likeness (QED) is 0.590. The van der Waals surface area contributed by atoms with E-state index in [-0.39, 0.29) is 0 Å². The van der Waals surface area contributed by atoms with Crippen molar-refractivity contribution in [2.75, 3.05) is 0 Å². The average Bonchev–Trinajstić information content (AvgIpc) is 1.65. The minimum Gasteiger partial charge on any atom is -0.265 e. The predicted octanol–water partition coefficient (Wildman–Crippen LogP) is 2.23. The summed E-state index contributed by atoms with van der Waals surface area (Å²) in [6.45, 7) is 3.77. The maximum atomic E-state index is 9.90. The monoisotopic (exact) mass is 198 g/mol. The molecular formula is C4H7IO. The van der Waals surface area contributed by atoms with Crippen molar-refractivity contribution >= 4 is 21.2 Å². The molecule has 0 aromatic heterocycles. The lowest BCUT2D eigenvalue weighted by molar-refractivity contribution is 0.648. The molecule has 0 heterocycles. The lowest BCUT2D eigenvalue weighted by Crippen LogP contribution is -1.47. The Balaban J connectivity index is 3.50. The Morgan fingerprint density at radius 2 is 2.33 bits per heavy atom. The highest BCUT2D eigenvalue weighted by molar-refractivity contribution is 14.2. The van der Waals surface area contributed by atoms with Gasteiger partial charge in [-0.25, -0.2) is 0 Å². The van der Waals surface area contributed by atoms with Gasteiger partial charge in [0.15, 0.2) is 21.2 Å². The van der Waals surface area contributed by atoms with Crippen molar-refractivity contribution in [1.82, 2.24) is 0 Å². The minimum atomic E-state index is -0.844. The van der Waals surface area contributed by atoms with E-state index in [1.807, 2.05) is 19.9 Å². The fourth-order valence-electron chi connectivity index (χ4n) is 0.0445. The molecule has 0 rings (SSSR count). The first kappa shape index (κ1) is 6.27. The summed E-state index contributed by atoms with van der Waals surface area (Å²) in [7, 11) is 0. The molecule has 0 radical (unpaired) electrons. The van der Waals surface area contributed by atoms with Gasteiger partial charge in [-0.2, -0.15) is 0 Å². The van der Waals surface area contributed by atoms with Crippen molar-refractivity contribution in [3.63, 3.8) is 0 Å². The molecule has 6 heavy (non-hydrogen) atoms. The highest BCUT2D eigenvalue weighted by Gasteiger charge is 1.74. The van der Waals surface area contributed by atoms with Crippen LogP contribution in [0.2, 0.25) is 0 Å². The van der Waals surface area contributed by atoms with E-state index >= 15 is 0 Å². The van der Waals surface area contributed by atoms with Gasteiger partial charge in [0, 0.05) is 3.58 Å². The summed E-state index contributed by atoms with van der Waals surface area (Å²) < 4.78 is 10.9. The number of halogens is 1. The first-order valence-electron chi connectivity index (χ1n) is 1.71. The minimum absolute atomic E-state index is 0.844. The third kappa shape index (κ3) is 2.50. The zero-order valence-electron chi connectivity index (χ0n) is 3.86. The van der Waals surface area contributed by atoms with Gasteiger partial charge in [-0.15, -0.1) is 0 Å². The largest absolute Gasteiger partial charge is 0.265 e. The molecular weight excluding hydrogens is 191 g/mol. The zero-order valence-corrected chi connectivity index (χ0v) is 6.02. The molecule has 0 amide bonds. The lowest BCUT2D eigenvalue weighted by Gasteiger charge is -1.71. The Bertz CT molecular complexity index is 75.6. The summed E-state index contributed by atoms with van der Waals surface area (Å²) >= 11 is -0.844. The van der Waals surface area contributed by atoms with Gasteiger partial charge in [-0.3, -0.25) is 3.07 Å². The first-order valence-corrected chi connectivity index (χ1v) is 3.67. The number of hydrogen-bond acceptors (Lipinski definition) is 1. The summed E-state index contributed by atoms with van der Waals surface area (Å²) in [5.41, 5.74) is 0. The van der Waals surface area contributed by atoms with Crippen LogP contribution in [0, 0.1) is 0 Å². The Morgan fingerprint density at radius 1 is 1.83 bits per heavy atom. The molecule has 0 aromatic carbocycles. The molecule has 0 fully saturated rings. The van der Waals surface area contributed by atoms with Crippen molar-refractivity contribution < 1.29 is 3.07 Å². The summed E-state index contributed by atoms with van der Waals surface area (Å²) in [5, 5.41) is 0. The van der Waals surface area contributed by atoms with Crippen LogP contribution in [0.5, 0.6) is 0 Å². The van der Waals surface area contributed by atoms with E-state index in [2.05, 4.69) is 0 Å². The van der Waals surface area contributed by atoms with E-state index in [1.54, 1.807) is 0 Å². The molecule has 1 nitrogen and oxygen atoms in total. The van der Waals surface area contributed by atoms with E-state index in [1.165, 1.54) is 0 Å². The second-order valence-electron chi connectivity index (χ2n) is 0.953. The van der Waals surface area contributed by atoms with Gasteiger partial charge in [0.25, 0.3) is 0 Å². The Morgan fingerprint density at radius 3 is 2.33 bits per heavy atom. The highest BCUT2D eigenvalue weighted by atomic mass is 127. The fraction of sp³-hybridized carbons (Fsp3) is 0.500. The second-order valence-corrected chi connectivity index (χ2v) is 3.09. The summed E-state index contributed by atoms with van der Waals surface area (Å²) in [6, 6.07) is 0. The topological polar surface area (TPSA) is 17.1 Å². The third-order valence-electron chi connectivity index (χ3n) is 0.519. The van der Waals surface area contributed by atoms with Gasteiger partial charge in [0.05, 0.1) is 0 Å². The van der Waals surface area contributed by atoms with E-state index in [4.69, 9.17) is 0 Å². The van der Waals surface area contributed by atoms with Crippen molar-refractivity contribution in [2.24, 2.45) is 0 Å². The van der Waals surface area contributed by atoms with Gasteiger partial charge in [0.1, 0.15) is 0 Å². The molecule has 0 atom stereocenters. The molecule has 0 aromatic rings. The van der Waals surface area contributed by atoms with Crippen LogP contribution in [0.3, 0.4) is 0 Å². The van der Waals surface area contributed by atoms with Gasteiger partial charge in [0.2, 0.25) is 0 Å². The molecule has 0 unspecified atom stereocenters. The van der Waals surface area contributed by atoms with Crippen LogP contribution in [0.4, 0.5) is 0 Å². The molecule has 2 heteroatoms. The molecule has 0 aliphatic carbocycles. The average molecular weight is 198 g/mol.